The van der Waals surface area contributed by atoms with E-state index in [4.69, 9.17) is 4.74 Å². The van der Waals surface area contributed by atoms with Gasteiger partial charge in [-0.15, -0.1) is 0 Å². The Morgan fingerprint density at radius 3 is 2.80 bits per heavy atom. The van der Waals surface area contributed by atoms with E-state index in [1.807, 2.05) is 19.1 Å². The molecule has 15 heavy (non-hydrogen) atoms. The fraction of sp³-hybridized carbons (Fsp3) is 0.273. The number of aromatic nitrogens is 2. The Bertz CT molecular complexity index is 573. The summed E-state index contributed by atoms with van der Waals surface area (Å²) in [5.74, 6) is 0.570. The molecule has 0 unspecified atom stereocenters. The molecule has 78 valence electrons. The molecular weight excluding hydrogens is 192 g/mol. The van der Waals surface area contributed by atoms with Gasteiger partial charge >= 0.3 is 0 Å². The molecule has 0 aromatic carbocycles. The summed E-state index contributed by atoms with van der Waals surface area (Å²) >= 11 is 0. The maximum absolute atomic E-state index is 11.6. The first-order valence-electron chi connectivity index (χ1n) is 4.65. The summed E-state index contributed by atoms with van der Waals surface area (Å²) in [6.45, 7) is 1.89. The maximum Gasteiger partial charge on any atom is 0.255 e. The lowest BCUT2D eigenvalue weighted by Gasteiger charge is -2.08. The lowest BCUT2D eigenvalue weighted by atomic mass is 10.2. The summed E-state index contributed by atoms with van der Waals surface area (Å²) in [6.07, 6.45) is 0. The Morgan fingerprint density at radius 1 is 1.40 bits per heavy atom. The molecule has 0 fully saturated rings. The summed E-state index contributed by atoms with van der Waals surface area (Å²) in [5, 5.41) is 0.852. The van der Waals surface area contributed by atoms with Gasteiger partial charge in [0.05, 0.1) is 12.5 Å². The van der Waals surface area contributed by atoms with Crippen molar-refractivity contribution in [3.63, 3.8) is 0 Å². The van der Waals surface area contributed by atoms with Crippen molar-refractivity contribution in [2.45, 2.75) is 6.92 Å². The standard InChI is InChI=1S/C11H12N2O2/c1-7-4-5-8-9(15-3)6-10(14)13(2)11(8)12-7/h4-6H,1-3H3. The molecule has 4 heteroatoms. The molecule has 0 amide bonds. The highest BCUT2D eigenvalue weighted by Crippen LogP contribution is 2.21. The minimum Gasteiger partial charge on any atom is -0.496 e. The van der Waals surface area contributed by atoms with Crippen molar-refractivity contribution in [2.75, 3.05) is 7.11 Å². The van der Waals surface area contributed by atoms with Crippen molar-refractivity contribution < 1.29 is 4.74 Å². The average Bonchev–Trinajstić information content (AvgIpc) is 2.23. The first-order valence-corrected chi connectivity index (χ1v) is 4.65. The van der Waals surface area contributed by atoms with E-state index in [1.165, 1.54) is 10.6 Å². The Hall–Kier alpha value is -1.84. The molecule has 0 bridgehead atoms. The monoisotopic (exact) mass is 204 g/mol. The van der Waals surface area contributed by atoms with Crippen molar-refractivity contribution in [2.24, 2.45) is 7.05 Å². The van der Waals surface area contributed by atoms with Crippen LogP contribution in [0.2, 0.25) is 0 Å². The van der Waals surface area contributed by atoms with Gasteiger partial charge < -0.3 is 4.74 Å². The molecule has 0 aliphatic heterocycles. The number of hydrogen-bond donors (Lipinski definition) is 0. The number of rotatable bonds is 1. The molecule has 0 N–H and O–H groups in total. The van der Waals surface area contributed by atoms with E-state index < -0.39 is 0 Å². The third kappa shape index (κ3) is 1.48. The van der Waals surface area contributed by atoms with Crippen LogP contribution < -0.4 is 10.3 Å². The number of pyridine rings is 2. The molecular formula is C11H12N2O2. The zero-order chi connectivity index (χ0) is 11.0. The molecule has 0 spiro atoms. The Labute approximate surface area is 87.1 Å². The molecule has 0 radical (unpaired) electrons. The smallest absolute Gasteiger partial charge is 0.255 e. The second kappa shape index (κ2) is 3.38. The molecule has 2 aromatic rings. The second-order valence-electron chi connectivity index (χ2n) is 3.43. The molecule has 2 heterocycles. The zero-order valence-corrected chi connectivity index (χ0v) is 8.94. The van der Waals surface area contributed by atoms with E-state index in [0.29, 0.717) is 11.4 Å². The van der Waals surface area contributed by atoms with Crippen LogP contribution in [0.1, 0.15) is 5.69 Å². The quantitative estimate of drug-likeness (QED) is 0.702. The molecule has 4 nitrogen and oxygen atoms in total. The highest BCUT2D eigenvalue weighted by molar-refractivity contribution is 5.82. The second-order valence-corrected chi connectivity index (χ2v) is 3.43. The van der Waals surface area contributed by atoms with E-state index in [-0.39, 0.29) is 5.56 Å². The Kier molecular flexibility index (Phi) is 2.19. The van der Waals surface area contributed by atoms with E-state index >= 15 is 0 Å². The lowest BCUT2D eigenvalue weighted by Crippen LogP contribution is -2.17. The van der Waals surface area contributed by atoms with E-state index in [1.54, 1.807) is 14.2 Å². The summed E-state index contributed by atoms with van der Waals surface area (Å²) < 4.78 is 6.67. The van der Waals surface area contributed by atoms with Crippen LogP contribution in [-0.4, -0.2) is 16.7 Å². The summed E-state index contributed by atoms with van der Waals surface area (Å²) in [4.78, 5) is 15.9. The Balaban J connectivity index is 2.96. The minimum atomic E-state index is -0.113. The van der Waals surface area contributed by atoms with Crippen LogP contribution in [0.25, 0.3) is 11.0 Å². The van der Waals surface area contributed by atoms with Gasteiger partial charge in [-0.2, -0.15) is 0 Å². The predicted octanol–water partition coefficient (Wildman–Crippen LogP) is 1.25. The van der Waals surface area contributed by atoms with Crippen LogP contribution in [0.15, 0.2) is 23.0 Å². The van der Waals surface area contributed by atoms with Gasteiger partial charge in [0.1, 0.15) is 11.4 Å². The van der Waals surface area contributed by atoms with Gasteiger partial charge in [0.15, 0.2) is 0 Å². The molecule has 0 aliphatic carbocycles. The molecule has 0 atom stereocenters. The van der Waals surface area contributed by atoms with Crippen LogP contribution in [0.4, 0.5) is 0 Å². The SMILES string of the molecule is COc1cc(=O)n(C)c2nc(C)ccc12. The van der Waals surface area contributed by atoms with Crippen LogP contribution in [0.5, 0.6) is 5.75 Å². The predicted molar refractivity (Wildman–Crippen MR) is 58.3 cm³/mol. The average molecular weight is 204 g/mol. The van der Waals surface area contributed by atoms with Gasteiger partial charge in [-0.3, -0.25) is 9.36 Å². The first-order chi connectivity index (χ1) is 7.13. The molecule has 2 rings (SSSR count). The number of hydrogen-bond acceptors (Lipinski definition) is 3. The van der Waals surface area contributed by atoms with Crippen molar-refractivity contribution >= 4 is 11.0 Å². The highest BCUT2D eigenvalue weighted by Gasteiger charge is 2.07. The molecule has 0 saturated carbocycles. The van der Waals surface area contributed by atoms with Gasteiger partial charge in [0, 0.05) is 18.8 Å². The van der Waals surface area contributed by atoms with Crippen LogP contribution in [0, 0.1) is 6.92 Å². The van der Waals surface area contributed by atoms with Gasteiger partial charge in [-0.1, -0.05) is 0 Å². The fourth-order valence-electron chi connectivity index (χ4n) is 1.55. The number of nitrogens with zero attached hydrogens (tertiary/aromatic N) is 2. The molecule has 0 aliphatic rings. The van der Waals surface area contributed by atoms with Gasteiger partial charge in [0.25, 0.3) is 5.56 Å². The largest absolute Gasteiger partial charge is 0.496 e. The third-order valence-electron chi connectivity index (χ3n) is 2.40. The minimum absolute atomic E-state index is 0.113. The van der Waals surface area contributed by atoms with Crippen LogP contribution >= 0.6 is 0 Å². The van der Waals surface area contributed by atoms with E-state index in [2.05, 4.69) is 4.98 Å². The van der Waals surface area contributed by atoms with Crippen LogP contribution in [-0.2, 0) is 7.05 Å². The number of fused-ring (bicyclic) bond motifs is 1. The maximum atomic E-state index is 11.6. The zero-order valence-electron chi connectivity index (χ0n) is 8.94. The van der Waals surface area contributed by atoms with Gasteiger partial charge in [-0.25, -0.2) is 4.98 Å². The molecule has 0 saturated heterocycles. The normalized spacial score (nSPS) is 10.6. The van der Waals surface area contributed by atoms with Gasteiger partial charge in [0.2, 0.25) is 0 Å². The summed E-state index contributed by atoms with van der Waals surface area (Å²) in [6, 6.07) is 5.28. The van der Waals surface area contributed by atoms with Crippen LogP contribution in [0.3, 0.4) is 0 Å². The van der Waals surface area contributed by atoms with E-state index in [9.17, 15) is 4.79 Å². The fourth-order valence-corrected chi connectivity index (χ4v) is 1.55. The summed E-state index contributed by atoms with van der Waals surface area (Å²) in [7, 11) is 3.25. The first kappa shape index (κ1) is 9.71. The number of methoxy groups -OCH3 is 1. The van der Waals surface area contributed by atoms with Crippen molar-refractivity contribution in [1.29, 1.82) is 0 Å². The topological polar surface area (TPSA) is 44.1 Å². The van der Waals surface area contributed by atoms with Gasteiger partial charge in [-0.05, 0) is 19.1 Å². The number of aryl methyl sites for hydroxylation is 2. The highest BCUT2D eigenvalue weighted by atomic mass is 16.5. The Morgan fingerprint density at radius 2 is 2.13 bits per heavy atom. The van der Waals surface area contributed by atoms with E-state index in [0.717, 1.165) is 11.1 Å². The molecule has 2 aromatic heterocycles. The third-order valence-corrected chi connectivity index (χ3v) is 2.40. The lowest BCUT2D eigenvalue weighted by molar-refractivity contribution is 0.418. The van der Waals surface area contributed by atoms with Crippen molar-refractivity contribution in [1.82, 2.24) is 9.55 Å². The summed E-state index contributed by atoms with van der Waals surface area (Å²) in [5.41, 5.74) is 1.42. The van der Waals surface area contributed by atoms with Crippen molar-refractivity contribution in [3.05, 3.63) is 34.2 Å². The van der Waals surface area contributed by atoms with Crippen molar-refractivity contribution in [3.8, 4) is 5.75 Å². The number of ether oxygens (including phenoxy) is 1.